The molecule has 4 nitrogen and oxygen atoms in total. The number of hydrogen-bond donors (Lipinski definition) is 1. The van der Waals surface area contributed by atoms with Gasteiger partial charge in [-0.1, -0.05) is 0 Å². The quantitative estimate of drug-likeness (QED) is 0.531. The standard InChI is InChI=1S/C9H19NO3/c1-9(11)3-6-13-8-7-12-5-2-4-10/h2-8,10H2,1H3. The average molecular weight is 189 g/mol. The zero-order chi connectivity index (χ0) is 9.94. The number of ketones is 1. The molecule has 0 aromatic rings. The molecule has 0 atom stereocenters. The van der Waals surface area contributed by atoms with Gasteiger partial charge in [0.2, 0.25) is 0 Å². The second-order valence-electron chi connectivity index (χ2n) is 2.82. The average Bonchev–Trinajstić information content (AvgIpc) is 2.09. The van der Waals surface area contributed by atoms with Crippen LogP contribution in [0.4, 0.5) is 0 Å². The second-order valence-corrected chi connectivity index (χ2v) is 2.82. The molecule has 0 aliphatic rings. The molecular formula is C9H19NO3. The number of carbonyl (C=O) groups excluding carboxylic acids is 1. The summed E-state index contributed by atoms with van der Waals surface area (Å²) in [7, 11) is 0. The van der Waals surface area contributed by atoms with E-state index in [2.05, 4.69) is 0 Å². The highest BCUT2D eigenvalue weighted by molar-refractivity contribution is 5.75. The van der Waals surface area contributed by atoms with Crippen molar-refractivity contribution in [3.63, 3.8) is 0 Å². The molecule has 0 heterocycles. The first-order valence-electron chi connectivity index (χ1n) is 4.62. The van der Waals surface area contributed by atoms with Gasteiger partial charge in [0.15, 0.2) is 0 Å². The van der Waals surface area contributed by atoms with Gasteiger partial charge in [-0.2, -0.15) is 0 Å². The molecule has 0 aliphatic heterocycles. The Bertz CT molecular complexity index is 128. The van der Waals surface area contributed by atoms with Gasteiger partial charge in [-0.25, -0.2) is 0 Å². The van der Waals surface area contributed by atoms with Gasteiger partial charge in [0.1, 0.15) is 5.78 Å². The Balaban J connectivity index is 2.87. The summed E-state index contributed by atoms with van der Waals surface area (Å²) >= 11 is 0. The van der Waals surface area contributed by atoms with Crippen molar-refractivity contribution in [2.24, 2.45) is 5.73 Å². The molecule has 4 heteroatoms. The summed E-state index contributed by atoms with van der Waals surface area (Å²) in [5.74, 6) is 0.157. The Morgan fingerprint density at radius 3 is 2.31 bits per heavy atom. The highest BCUT2D eigenvalue weighted by atomic mass is 16.5. The molecule has 0 spiro atoms. The molecule has 2 N–H and O–H groups in total. The molecule has 0 saturated heterocycles. The van der Waals surface area contributed by atoms with Crippen molar-refractivity contribution in [1.29, 1.82) is 0 Å². The van der Waals surface area contributed by atoms with E-state index in [1.165, 1.54) is 0 Å². The molecule has 0 bridgehead atoms. The monoisotopic (exact) mass is 189 g/mol. The Morgan fingerprint density at radius 1 is 1.15 bits per heavy atom. The third-order valence-electron chi connectivity index (χ3n) is 1.46. The van der Waals surface area contributed by atoms with Crippen molar-refractivity contribution in [3.05, 3.63) is 0 Å². The van der Waals surface area contributed by atoms with Crippen LogP contribution in [0.2, 0.25) is 0 Å². The van der Waals surface area contributed by atoms with Crippen molar-refractivity contribution in [3.8, 4) is 0 Å². The van der Waals surface area contributed by atoms with Crippen molar-refractivity contribution >= 4 is 5.78 Å². The molecule has 0 amide bonds. The Kier molecular flexibility index (Phi) is 9.30. The summed E-state index contributed by atoms with van der Waals surface area (Å²) in [6.07, 6.45) is 1.37. The smallest absolute Gasteiger partial charge is 0.132 e. The topological polar surface area (TPSA) is 61.5 Å². The van der Waals surface area contributed by atoms with E-state index in [4.69, 9.17) is 15.2 Å². The lowest BCUT2D eigenvalue weighted by molar-refractivity contribution is -0.118. The van der Waals surface area contributed by atoms with Crippen LogP contribution in [0.5, 0.6) is 0 Å². The second kappa shape index (κ2) is 9.64. The van der Waals surface area contributed by atoms with Crippen LogP contribution in [0.15, 0.2) is 0 Å². The number of rotatable bonds is 9. The summed E-state index contributed by atoms with van der Waals surface area (Å²) in [4.78, 5) is 10.5. The minimum atomic E-state index is 0.157. The molecule has 0 unspecified atom stereocenters. The van der Waals surface area contributed by atoms with Crippen LogP contribution in [0.1, 0.15) is 19.8 Å². The largest absolute Gasteiger partial charge is 0.379 e. The van der Waals surface area contributed by atoms with Crippen LogP contribution < -0.4 is 5.73 Å². The molecular weight excluding hydrogens is 170 g/mol. The molecule has 0 fully saturated rings. The van der Waals surface area contributed by atoms with Crippen LogP contribution in [0, 0.1) is 0 Å². The minimum Gasteiger partial charge on any atom is -0.379 e. The minimum absolute atomic E-state index is 0.157. The van der Waals surface area contributed by atoms with Gasteiger partial charge in [0.05, 0.1) is 19.8 Å². The highest BCUT2D eigenvalue weighted by Gasteiger charge is 1.93. The van der Waals surface area contributed by atoms with Gasteiger partial charge in [-0.15, -0.1) is 0 Å². The van der Waals surface area contributed by atoms with Crippen LogP contribution in [-0.4, -0.2) is 38.8 Å². The van der Waals surface area contributed by atoms with Gasteiger partial charge in [0.25, 0.3) is 0 Å². The van der Waals surface area contributed by atoms with Crippen molar-refractivity contribution in [2.75, 3.05) is 33.0 Å². The molecule has 0 saturated carbocycles. The maximum Gasteiger partial charge on any atom is 0.132 e. The zero-order valence-corrected chi connectivity index (χ0v) is 8.25. The van der Waals surface area contributed by atoms with Crippen molar-refractivity contribution < 1.29 is 14.3 Å². The number of ether oxygens (including phenoxy) is 2. The maximum atomic E-state index is 10.5. The summed E-state index contributed by atoms with van der Waals surface area (Å²) in [5.41, 5.74) is 5.28. The van der Waals surface area contributed by atoms with Crippen molar-refractivity contribution in [2.45, 2.75) is 19.8 Å². The van der Waals surface area contributed by atoms with E-state index in [0.29, 0.717) is 39.4 Å². The van der Waals surface area contributed by atoms with E-state index < -0.39 is 0 Å². The van der Waals surface area contributed by atoms with E-state index >= 15 is 0 Å². The fraction of sp³-hybridized carbons (Fsp3) is 0.889. The van der Waals surface area contributed by atoms with Crippen molar-refractivity contribution in [1.82, 2.24) is 0 Å². The lowest BCUT2D eigenvalue weighted by Gasteiger charge is -2.03. The first-order chi connectivity index (χ1) is 6.27. The fourth-order valence-corrected chi connectivity index (χ4v) is 0.723. The molecule has 0 aromatic carbocycles. The predicted molar refractivity (Wildman–Crippen MR) is 50.6 cm³/mol. The third kappa shape index (κ3) is 11.5. The van der Waals surface area contributed by atoms with E-state index in [0.717, 1.165) is 6.42 Å². The van der Waals surface area contributed by atoms with Crippen LogP contribution in [0.25, 0.3) is 0 Å². The molecule has 78 valence electrons. The lowest BCUT2D eigenvalue weighted by atomic mass is 10.3. The van der Waals surface area contributed by atoms with E-state index in [9.17, 15) is 4.79 Å². The lowest BCUT2D eigenvalue weighted by Crippen LogP contribution is -2.10. The zero-order valence-electron chi connectivity index (χ0n) is 8.25. The molecule has 0 rings (SSSR count). The van der Waals surface area contributed by atoms with Crippen LogP contribution >= 0.6 is 0 Å². The van der Waals surface area contributed by atoms with E-state index in [1.807, 2.05) is 0 Å². The number of hydrogen-bond acceptors (Lipinski definition) is 4. The van der Waals surface area contributed by atoms with Gasteiger partial charge >= 0.3 is 0 Å². The van der Waals surface area contributed by atoms with Gasteiger partial charge in [-0.3, -0.25) is 4.79 Å². The summed E-state index contributed by atoms with van der Waals surface area (Å²) < 4.78 is 10.3. The number of Topliss-reactive ketones (excluding diaryl/α,β-unsaturated/α-hetero) is 1. The van der Waals surface area contributed by atoms with E-state index in [-0.39, 0.29) is 5.78 Å². The summed E-state index contributed by atoms with van der Waals surface area (Å²) in [5, 5.41) is 0. The Morgan fingerprint density at radius 2 is 1.77 bits per heavy atom. The Labute approximate surface area is 79.4 Å². The third-order valence-corrected chi connectivity index (χ3v) is 1.46. The van der Waals surface area contributed by atoms with Crippen LogP contribution in [-0.2, 0) is 14.3 Å². The SMILES string of the molecule is CC(=O)CCOCCOCCCN. The molecule has 0 aliphatic carbocycles. The number of nitrogens with two attached hydrogens (primary N) is 1. The fourth-order valence-electron chi connectivity index (χ4n) is 0.723. The maximum absolute atomic E-state index is 10.5. The predicted octanol–water partition coefficient (Wildman–Crippen LogP) is 0.348. The molecule has 0 radical (unpaired) electrons. The summed E-state index contributed by atoms with van der Waals surface area (Å²) in [6, 6.07) is 0. The molecule has 0 aromatic heterocycles. The van der Waals surface area contributed by atoms with Gasteiger partial charge in [-0.05, 0) is 19.9 Å². The molecule has 13 heavy (non-hydrogen) atoms. The van der Waals surface area contributed by atoms with Gasteiger partial charge in [0, 0.05) is 13.0 Å². The normalized spacial score (nSPS) is 10.3. The number of carbonyl (C=O) groups is 1. The van der Waals surface area contributed by atoms with E-state index in [1.54, 1.807) is 6.92 Å². The highest BCUT2D eigenvalue weighted by Crippen LogP contribution is 1.85. The van der Waals surface area contributed by atoms with Gasteiger partial charge < -0.3 is 15.2 Å². The Hall–Kier alpha value is -0.450. The summed E-state index contributed by atoms with van der Waals surface area (Å²) in [6.45, 7) is 4.53. The van der Waals surface area contributed by atoms with Crippen LogP contribution in [0.3, 0.4) is 0 Å². The first-order valence-corrected chi connectivity index (χ1v) is 4.62. The first kappa shape index (κ1) is 12.6.